The zero-order valence-corrected chi connectivity index (χ0v) is 4.80. The van der Waals surface area contributed by atoms with Crippen LogP contribution in [-0.4, -0.2) is 18.3 Å². The molecule has 0 saturated heterocycles. The second-order valence-electron chi connectivity index (χ2n) is 1.65. The third-order valence-electron chi connectivity index (χ3n) is 0.835. The van der Waals surface area contributed by atoms with E-state index in [9.17, 15) is 30.7 Å². The van der Waals surface area contributed by atoms with Crippen LogP contribution < -0.4 is 0 Å². The molecule has 0 fully saturated rings. The summed E-state index contributed by atoms with van der Waals surface area (Å²) in [5.74, 6) is -5.65. The van der Waals surface area contributed by atoms with Crippen molar-refractivity contribution >= 4 is 0 Å². The van der Waals surface area contributed by atoms with Crippen LogP contribution in [0.4, 0.5) is 30.7 Å². The van der Waals surface area contributed by atoms with Crippen molar-refractivity contribution in [3.05, 3.63) is 6.67 Å². The monoisotopic (exact) mass is 183 g/mol. The molecule has 0 aliphatic rings. The molecule has 0 heterocycles. The lowest BCUT2D eigenvalue weighted by Gasteiger charge is -2.20. The Kier molecular flexibility index (Phi) is 2.74. The molecule has 0 rings (SSSR count). The Hall–Kier alpha value is -0.490. The molecule has 1 atom stereocenters. The maximum atomic E-state index is 11.6. The smallest absolute Gasteiger partial charge is 0.241 e. The molecule has 0 nitrogen and oxygen atoms in total. The fourth-order valence-corrected chi connectivity index (χ4v) is 0.235. The highest BCUT2D eigenvalue weighted by Crippen LogP contribution is 2.40. The summed E-state index contributed by atoms with van der Waals surface area (Å²) in [6, 6.07) is 0. The van der Waals surface area contributed by atoms with Crippen molar-refractivity contribution in [3.8, 4) is 0 Å². The van der Waals surface area contributed by atoms with Crippen LogP contribution in [0.5, 0.6) is 0 Å². The minimum Gasteiger partial charge on any atom is -0.241 e. The molecule has 1 radical (unpaired) electrons. The van der Waals surface area contributed by atoms with Gasteiger partial charge in [0.25, 0.3) is 0 Å². The Labute approximate surface area is 57.0 Å². The Balaban J connectivity index is 4.45. The van der Waals surface area contributed by atoms with Gasteiger partial charge in [0.1, 0.15) is 0 Å². The fourth-order valence-electron chi connectivity index (χ4n) is 0.235. The topological polar surface area (TPSA) is 0 Å². The first kappa shape index (κ1) is 10.5. The van der Waals surface area contributed by atoms with E-state index in [1.165, 1.54) is 0 Å². The number of rotatable bonds is 2. The highest BCUT2D eigenvalue weighted by atomic mass is 19.4. The SMILES string of the molecule is F[CH]C(F)C(F)(F)C(F)(F)F. The normalized spacial score (nSPS) is 16.6. The molecular formula is C4H2F7. The molecule has 0 aromatic carbocycles. The van der Waals surface area contributed by atoms with Gasteiger partial charge in [0.05, 0.1) is 0 Å². The van der Waals surface area contributed by atoms with Crippen LogP contribution in [-0.2, 0) is 0 Å². The summed E-state index contributed by atoms with van der Waals surface area (Å²) >= 11 is 0. The molecule has 11 heavy (non-hydrogen) atoms. The van der Waals surface area contributed by atoms with E-state index in [4.69, 9.17) is 0 Å². The van der Waals surface area contributed by atoms with Gasteiger partial charge >= 0.3 is 12.1 Å². The van der Waals surface area contributed by atoms with Crippen molar-refractivity contribution in [2.75, 3.05) is 0 Å². The summed E-state index contributed by atoms with van der Waals surface area (Å²) in [7, 11) is 0. The lowest BCUT2D eigenvalue weighted by molar-refractivity contribution is -0.300. The Morgan fingerprint density at radius 3 is 1.45 bits per heavy atom. The van der Waals surface area contributed by atoms with Gasteiger partial charge in [0, 0.05) is 0 Å². The van der Waals surface area contributed by atoms with Crippen LogP contribution in [0.1, 0.15) is 0 Å². The Bertz CT molecular complexity index is 125. The van der Waals surface area contributed by atoms with E-state index < -0.39 is 24.9 Å². The second-order valence-corrected chi connectivity index (χ2v) is 1.65. The van der Waals surface area contributed by atoms with Gasteiger partial charge in [-0.2, -0.15) is 22.0 Å². The minimum absolute atomic E-state index is 1.34. The molecule has 0 spiro atoms. The maximum absolute atomic E-state index is 11.6. The van der Waals surface area contributed by atoms with Gasteiger partial charge in [0.2, 0.25) is 6.17 Å². The second kappa shape index (κ2) is 2.86. The van der Waals surface area contributed by atoms with E-state index in [2.05, 4.69) is 0 Å². The van der Waals surface area contributed by atoms with Crippen LogP contribution in [0.3, 0.4) is 0 Å². The molecule has 0 amide bonds. The summed E-state index contributed by atoms with van der Waals surface area (Å²) < 4.78 is 78.8. The molecule has 0 aliphatic heterocycles. The first-order valence-corrected chi connectivity index (χ1v) is 2.25. The fraction of sp³-hybridized carbons (Fsp3) is 0.750. The van der Waals surface area contributed by atoms with Gasteiger partial charge in [-0.05, 0) is 0 Å². The lowest BCUT2D eigenvalue weighted by atomic mass is 10.2. The first-order chi connectivity index (χ1) is 4.73. The van der Waals surface area contributed by atoms with Gasteiger partial charge in [-0.15, -0.1) is 0 Å². The predicted octanol–water partition coefficient (Wildman–Crippen LogP) is 2.65. The Morgan fingerprint density at radius 2 is 1.36 bits per heavy atom. The van der Waals surface area contributed by atoms with Crippen molar-refractivity contribution in [2.45, 2.75) is 18.3 Å². The molecule has 0 saturated carbocycles. The highest BCUT2D eigenvalue weighted by Gasteiger charge is 2.63. The van der Waals surface area contributed by atoms with Crippen molar-refractivity contribution in [3.63, 3.8) is 0 Å². The standard InChI is InChI=1S/C4H2F7/c5-1-2(6)3(7,8)4(9,10)11/h1-2H. The minimum atomic E-state index is -6.06. The van der Waals surface area contributed by atoms with E-state index in [1.807, 2.05) is 0 Å². The first-order valence-electron chi connectivity index (χ1n) is 2.25. The number of halogens is 7. The zero-order chi connectivity index (χ0) is 9.28. The van der Waals surface area contributed by atoms with Crippen molar-refractivity contribution in [1.29, 1.82) is 0 Å². The highest BCUT2D eigenvalue weighted by molar-refractivity contribution is 4.88. The van der Waals surface area contributed by atoms with Crippen LogP contribution in [0.25, 0.3) is 0 Å². The van der Waals surface area contributed by atoms with Crippen molar-refractivity contribution < 1.29 is 30.7 Å². The number of hydrogen-bond donors (Lipinski definition) is 0. The predicted molar refractivity (Wildman–Crippen MR) is 21.3 cm³/mol. The van der Waals surface area contributed by atoms with Crippen LogP contribution in [0.15, 0.2) is 0 Å². The summed E-state index contributed by atoms with van der Waals surface area (Å²) in [4.78, 5) is 0. The molecule has 0 N–H and O–H groups in total. The van der Waals surface area contributed by atoms with E-state index in [0.29, 0.717) is 0 Å². The third kappa shape index (κ3) is 1.97. The molecule has 67 valence electrons. The quantitative estimate of drug-likeness (QED) is 0.577. The molecule has 0 aliphatic carbocycles. The third-order valence-corrected chi connectivity index (χ3v) is 0.835. The molecule has 7 heteroatoms. The molecule has 0 bridgehead atoms. The number of alkyl halides is 6. The molecule has 0 aromatic rings. The van der Waals surface area contributed by atoms with Gasteiger partial charge in [-0.25, -0.2) is 8.78 Å². The van der Waals surface area contributed by atoms with E-state index >= 15 is 0 Å². The summed E-state index contributed by atoms with van der Waals surface area (Å²) in [5, 5.41) is 0. The van der Waals surface area contributed by atoms with Gasteiger partial charge in [-0.1, -0.05) is 0 Å². The molecular weight excluding hydrogens is 181 g/mol. The van der Waals surface area contributed by atoms with E-state index in [1.54, 1.807) is 0 Å². The van der Waals surface area contributed by atoms with E-state index in [0.717, 1.165) is 0 Å². The lowest BCUT2D eigenvalue weighted by Crippen LogP contribution is -2.44. The van der Waals surface area contributed by atoms with Crippen molar-refractivity contribution in [2.24, 2.45) is 0 Å². The van der Waals surface area contributed by atoms with Crippen LogP contribution in [0, 0.1) is 6.67 Å². The summed E-state index contributed by atoms with van der Waals surface area (Å²) in [5.41, 5.74) is 0. The summed E-state index contributed by atoms with van der Waals surface area (Å²) in [6.07, 6.45) is -10.0. The van der Waals surface area contributed by atoms with Gasteiger partial charge in [-0.3, -0.25) is 0 Å². The zero-order valence-electron chi connectivity index (χ0n) is 4.80. The molecule has 1 unspecified atom stereocenters. The van der Waals surface area contributed by atoms with Crippen LogP contribution in [0.2, 0.25) is 0 Å². The van der Waals surface area contributed by atoms with Crippen molar-refractivity contribution in [1.82, 2.24) is 0 Å². The summed E-state index contributed by atoms with van der Waals surface area (Å²) in [6.45, 7) is -1.34. The van der Waals surface area contributed by atoms with Gasteiger partial charge in [0.15, 0.2) is 6.67 Å². The van der Waals surface area contributed by atoms with Crippen LogP contribution >= 0.6 is 0 Å². The average Bonchev–Trinajstić information content (AvgIpc) is 1.83. The maximum Gasteiger partial charge on any atom is 0.456 e. The van der Waals surface area contributed by atoms with E-state index in [-0.39, 0.29) is 0 Å². The van der Waals surface area contributed by atoms with Gasteiger partial charge < -0.3 is 0 Å². The largest absolute Gasteiger partial charge is 0.456 e. The number of hydrogen-bond acceptors (Lipinski definition) is 0. The average molecular weight is 183 g/mol. The Morgan fingerprint density at radius 1 is 1.00 bits per heavy atom. The molecule has 0 aromatic heterocycles.